The molecule has 1 aliphatic heterocycles. The molecule has 4 rings (SSSR count). The molecule has 2 heterocycles. The second-order valence-corrected chi connectivity index (χ2v) is 8.03. The van der Waals surface area contributed by atoms with E-state index < -0.39 is 0 Å². The monoisotopic (exact) mass is 392 g/mol. The van der Waals surface area contributed by atoms with Gasteiger partial charge in [-0.2, -0.15) is 0 Å². The van der Waals surface area contributed by atoms with Crippen LogP contribution < -0.4 is 4.74 Å². The molecule has 0 N–H and O–H groups in total. The van der Waals surface area contributed by atoms with Gasteiger partial charge < -0.3 is 9.64 Å². The van der Waals surface area contributed by atoms with Crippen LogP contribution in [0.3, 0.4) is 0 Å². The summed E-state index contributed by atoms with van der Waals surface area (Å²) in [6.07, 6.45) is 4.74. The summed E-state index contributed by atoms with van der Waals surface area (Å²) >= 11 is 1.68. The maximum absolute atomic E-state index is 12.7. The van der Waals surface area contributed by atoms with E-state index >= 15 is 0 Å². The molecular formula is C23H24N2O2S. The van der Waals surface area contributed by atoms with Crippen molar-refractivity contribution in [3.05, 3.63) is 82.3 Å². The lowest BCUT2D eigenvalue weighted by Gasteiger charge is -2.31. The number of hydrogen-bond donors (Lipinski definition) is 0. The number of benzene rings is 2. The highest BCUT2D eigenvalue weighted by Gasteiger charge is 2.26. The van der Waals surface area contributed by atoms with Gasteiger partial charge >= 0.3 is 0 Å². The molecule has 1 unspecified atom stereocenters. The fraction of sp³-hybridized carbons (Fsp3) is 0.304. The summed E-state index contributed by atoms with van der Waals surface area (Å²) in [5, 5.41) is 3.13. The van der Waals surface area contributed by atoms with Gasteiger partial charge in [0.25, 0.3) is 5.91 Å². The molecule has 2 aromatic carbocycles. The molecule has 0 saturated carbocycles. The summed E-state index contributed by atoms with van der Waals surface area (Å²) in [4.78, 5) is 19.1. The minimum atomic E-state index is 0.0516. The Labute approximate surface area is 169 Å². The highest BCUT2D eigenvalue weighted by atomic mass is 32.1. The molecule has 1 aromatic heterocycles. The largest absolute Gasteiger partial charge is 0.483 e. The molecule has 1 aliphatic rings. The molecule has 144 valence electrons. The predicted molar refractivity (Wildman–Crippen MR) is 112 cm³/mol. The fourth-order valence-electron chi connectivity index (χ4n) is 3.68. The predicted octanol–water partition coefficient (Wildman–Crippen LogP) is 4.52. The molecule has 1 amide bonds. The summed E-state index contributed by atoms with van der Waals surface area (Å²) in [5.41, 5.74) is 2.33. The number of thiazole rings is 1. The third-order valence-electron chi connectivity index (χ3n) is 5.14. The molecule has 0 bridgehead atoms. The van der Waals surface area contributed by atoms with Crippen LogP contribution in [0.15, 0.2) is 66.2 Å². The van der Waals surface area contributed by atoms with Crippen molar-refractivity contribution in [2.75, 3.05) is 19.7 Å². The van der Waals surface area contributed by atoms with Crippen molar-refractivity contribution in [2.45, 2.75) is 25.2 Å². The molecule has 1 atom stereocenters. The Bertz CT molecular complexity index is 896. The highest BCUT2D eigenvalue weighted by Crippen LogP contribution is 2.28. The number of aromatic nitrogens is 1. The first-order chi connectivity index (χ1) is 13.8. The van der Waals surface area contributed by atoms with Gasteiger partial charge in [0.05, 0.1) is 5.01 Å². The van der Waals surface area contributed by atoms with Crippen LogP contribution in [0.1, 0.15) is 34.9 Å². The van der Waals surface area contributed by atoms with Crippen LogP contribution in [0, 0.1) is 0 Å². The summed E-state index contributed by atoms with van der Waals surface area (Å²) in [5.74, 6) is 1.19. The number of likely N-dealkylation sites (tertiary alicyclic amines) is 1. The topological polar surface area (TPSA) is 42.4 Å². The van der Waals surface area contributed by atoms with E-state index in [0.717, 1.165) is 48.7 Å². The maximum Gasteiger partial charge on any atom is 0.260 e. The van der Waals surface area contributed by atoms with Gasteiger partial charge in [-0.3, -0.25) is 4.79 Å². The number of hydrogen-bond acceptors (Lipinski definition) is 4. The quantitative estimate of drug-likeness (QED) is 0.619. The van der Waals surface area contributed by atoms with E-state index in [1.165, 1.54) is 5.56 Å². The number of carbonyl (C=O) groups excluding carboxylic acids is 1. The van der Waals surface area contributed by atoms with E-state index in [0.29, 0.717) is 5.92 Å². The highest BCUT2D eigenvalue weighted by molar-refractivity contribution is 7.09. The molecule has 5 heteroatoms. The van der Waals surface area contributed by atoms with Crippen molar-refractivity contribution >= 4 is 17.2 Å². The van der Waals surface area contributed by atoms with Gasteiger partial charge in [-0.05, 0) is 30.0 Å². The number of rotatable bonds is 6. The molecule has 0 aliphatic carbocycles. The van der Waals surface area contributed by atoms with Crippen molar-refractivity contribution in [1.29, 1.82) is 0 Å². The zero-order chi connectivity index (χ0) is 19.2. The zero-order valence-electron chi connectivity index (χ0n) is 15.8. The first-order valence-electron chi connectivity index (χ1n) is 9.71. The van der Waals surface area contributed by atoms with E-state index in [1.54, 1.807) is 11.3 Å². The van der Waals surface area contributed by atoms with E-state index in [4.69, 9.17) is 4.74 Å². The van der Waals surface area contributed by atoms with Crippen molar-refractivity contribution in [1.82, 2.24) is 9.88 Å². The minimum Gasteiger partial charge on any atom is -0.483 e. The Morgan fingerprint density at radius 3 is 2.79 bits per heavy atom. The average Bonchev–Trinajstić information content (AvgIpc) is 3.29. The SMILES string of the molecule is O=C(COc1ccccc1Cc1ccccc1)N1CCCC(c2nccs2)C1. The third kappa shape index (κ3) is 4.60. The number of carbonyl (C=O) groups is 1. The molecular weight excluding hydrogens is 368 g/mol. The minimum absolute atomic E-state index is 0.0516. The lowest BCUT2D eigenvalue weighted by molar-refractivity contribution is -0.134. The molecule has 0 radical (unpaired) electrons. The molecule has 1 saturated heterocycles. The Morgan fingerprint density at radius 1 is 1.14 bits per heavy atom. The van der Waals surface area contributed by atoms with Crippen LogP contribution >= 0.6 is 11.3 Å². The van der Waals surface area contributed by atoms with Gasteiger partial charge in [-0.25, -0.2) is 4.98 Å². The zero-order valence-corrected chi connectivity index (χ0v) is 16.6. The normalized spacial score (nSPS) is 16.7. The van der Waals surface area contributed by atoms with Gasteiger partial charge in [-0.1, -0.05) is 48.5 Å². The van der Waals surface area contributed by atoms with Gasteiger partial charge in [0.1, 0.15) is 5.75 Å². The summed E-state index contributed by atoms with van der Waals surface area (Å²) < 4.78 is 5.95. The summed E-state index contributed by atoms with van der Waals surface area (Å²) in [6.45, 7) is 1.62. The van der Waals surface area contributed by atoms with Crippen molar-refractivity contribution in [2.24, 2.45) is 0 Å². The van der Waals surface area contributed by atoms with E-state index in [2.05, 4.69) is 23.2 Å². The van der Waals surface area contributed by atoms with Crippen molar-refractivity contribution < 1.29 is 9.53 Å². The number of amides is 1. The second kappa shape index (κ2) is 9.02. The smallest absolute Gasteiger partial charge is 0.260 e. The van der Waals surface area contributed by atoms with Crippen LogP contribution in [0.4, 0.5) is 0 Å². The third-order valence-corrected chi connectivity index (χ3v) is 6.07. The lowest BCUT2D eigenvalue weighted by atomic mass is 9.99. The number of piperidine rings is 1. The second-order valence-electron chi connectivity index (χ2n) is 7.11. The summed E-state index contributed by atoms with van der Waals surface area (Å²) in [7, 11) is 0. The van der Waals surface area contributed by atoms with E-state index in [1.807, 2.05) is 52.9 Å². The first-order valence-corrected chi connectivity index (χ1v) is 10.6. The van der Waals surface area contributed by atoms with Crippen LogP contribution in [0.2, 0.25) is 0 Å². The van der Waals surface area contributed by atoms with Crippen LogP contribution in [-0.2, 0) is 11.2 Å². The Balaban J connectivity index is 1.37. The Hall–Kier alpha value is -2.66. The van der Waals surface area contributed by atoms with Gasteiger partial charge in [0, 0.05) is 37.0 Å². The van der Waals surface area contributed by atoms with E-state index in [-0.39, 0.29) is 12.5 Å². The van der Waals surface area contributed by atoms with Gasteiger partial charge in [0.2, 0.25) is 0 Å². The fourth-order valence-corrected chi connectivity index (χ4v) is 4.45. The summed E-state index contributed by atoms with van der Waals surface area (Å²) in [6, 6.07) is 18.3. The van der Waals surface area contributed by atoms with Gasteiger partial charge in [0.15, 0.2) is 6.61 Å². The first kappa shape index (κ1) is 18.7. The molecule has 28 heavy (non-hydrogen) atoms. The molecule has 3 aromatic rings. The van der Waals surface area contributed by atoms with Crippen LogP contribution in [0.5, 0.6) is 5.75 Å². The van der Waals surface area contributed by atoms with Crippen molar-refractivity contribution in [3.63, 3.8) is 0 Å². The average molecular weight is 393 g/mol. The number of para-hydroxylation sites is 1. The van der Waals surface area contributed by atoms with Crippen molar-refractivity contribution in [3.8, 4) is 5.75 Å². The van der Waals surface area contributed by atoms with Gasteiger partial charge in [-0.15, -0.1) is 11.3 Å². The lowest BCUT2D eigenvalue weighted by Crippen LogP contribution is -2.41. The number of ether oxygens (including phenoxy) is 1. The molecule has 0 spiro atoms. The molecule has 1 fully saturated rings. The number of nitrogens with zero attached hydrogens (tertiary/aromatic N) is 2. The Morgan fingerprint density at radius 2 is 1.96 bits per heavy atom. The van der Waals surface area contributed by atoms with Crippen LogP contribution in [-0.4, -0.2) is 35.5 Å². The molecule has 4 nitrogen and oxygen atoms in total. The maximum atomic E-state index is 12.7. The standard InChI is InChI=1S/C23H24N2O2S/c26-22(25-13-6-10-20(16-25)23-24-12-14-28-23)17-27-21-11-5-4-9-19(21)15-18-7-2-1-3-8-18/h1-5,7-9,11-12,14,20H,6,10,13,15-17H2. The van der Waals surface area contributed by atoms with E-state index in [9.17, 15) is 4.79 Å². The Kier molecular flexibility index (Phi) is 6.02. The van der Waals surface area contributed by atoms with Crippen LogP contribution in [0.25, 0.3) is 0 Å².